The fourth-order valence-corrected chi connectivity index (χ4v) is 4.21. The summed E-state index contributed by atoms with van der Waals surface area (Å²) in [6, 6.07) is 8.55. The lowest BCUT2D eigenvalue weighted by Crippen LogP contribution is -2.22. The fourth-order valence-electron chi connectivity index (χ4n) is 2.10. The summed E-state index contributed by atoms with van der Waals surface area (Å²) in [5.41, 5.74) is 2.67. The minimum absolute atomic E-state index is 0.989. The number of aromatic nitrogens is 1. The van der Waals surface area contributed by atoms with Gasteiger partial charge in [0.05, 0.1) is 11.4 Å². The Hall–Kier alpha value is -0.840. The molecule has 4 heteroatoms. The van der Waals surface area contributed by atoms with Crippen LogP contribution in [0.1, 0.15) is 21.1 Å². The molecule has 2 heterocycles. The van der Waals surface area contributed by atoms with Crippen LogP contribution in [0.2, 0.25) is 0 Å². The number of hydrogen-bond acceptors (Lipinski definition) is 4. The average Bonchev–Trinajstić information content (AvgIpc) is 2.80. The van der Waals surface area contributed by atoms with Crippen LogP contribution < -0.4 is 5.32 Å². The lowest BCUT2D eigenvalue weighted by atomic mass is 10.2. The number of fused-ring (bicyclic) bond motifs is 1. The summed E-state index contributed by atoms with van der Waals surface area (Å²) in [4.78, 5) is 7.55. The lowest BCUT2D eigenvalue weighted by molar-refractivity contribution is 0.643. The normalized spacial score (nSPS) is 14.5. The highest BCUT2D eigenvalue weighted by Crippen LogP contribution is 2.29. The van der Waals surface area contributed by atoms with Gasteiger partial charge in [-0.25, -0.2) is 4.98 Å². The molecule has 0 amide bonds. The van der Waals surface area contributed by atoms with Gasteiger partial charge in [-0.05, 0) is 18.6 Å². The van der Waals surface area contributed by atoms with Crippen molar-refractivity contribution >= 4 is 23.1 Å². The summed E-state index contributed by atoms with van der Waals surface area (Å²) in [5.74, 6) is 0.989. The largest absolute Gasteiger partial charge is 0.311 e. The Kier molecular flexibility index (Phi) is 3.68. The van der Waals surface area contributed by atoms with E-state index in [4.69, 9.17) is 4.98 Å². The molecule has 0 saturated heterocycles. The summed E-state index contributed by atoms with van der Waals surface area (Å²) in [7, 11) is 0. The average molecular weight is 276 g/mol. The van der Waals surface area contributed by atoms with Gasteiger partial charge in [0.2, 0.25) is 0 Å². The van der Waals surface area contributed by atoms with Crippen LogP contribution >= 0.6 is 23.1 Å². The molecule has 0 bridgehead atoms. The van der Waals surface area contributed by atoms with Crippen LogP contribution in [-0.2, 0) is 18.7 Å². The Labute approximate surface area is 116 Å². The van der Waals surface area contributed by atoms with Gasteiger partial charge in [0, 0.05) is 29.3 Å². The van der Waals surface area contributed by atoms with Crippen molar-refractivity contribution in [1.29, 1.82) is 0 Å². The number of hydrogen-bond donors (Lipinski definition) is 1. The molecule has 1 N–H and O–H groups in total. The zero-order valence-corrected chi connectivity index (χ0v) is 12.0. The van der Waals surface area contributed by atoms with Crippen molar-refractivity contribution in [2.45, 2.75) is 30.5 Å². The first-order valence-electron chi connectivity index (χ1n) is 6.19. The molecule has 1 aromatic heterocycles. The number of benzene rings is 1. The lowest BCUT2D eigenvalue weighted by Gasteiger charge is -2.09. The summed E-state index contributed by atoms with van der Waals surface area (Å²) in [5, 5.41) is 4.66. The number of thiazole rings is 1. The summed E-state index contributed by atoms with van der Waals surface area (Å²) >= 11 is 3.76. The molecule has 0 saturated carbocycles. The zero-order chi connectivity index (χ0) is 12.4. The van der Waals surface area contributed by atoms with E-state index in [0.717, 1.165) is 25.3 Å². The Morgan fingerprint density at radius 2 is 2.28 bits per heavy atom. The second-order valence-corrected chi connectivity index (χ2v) is 6.64. The molecule has 2 nitrogen and oxygen atoms in total. The first kappa shape index (κ1) is 12.2. The maximum atomic E-state index is 4.75. The van der Waals surface area contributed by atoms with E-state index in [9.17, 15) is 0 Å². The fraction of sp³-hybridized carbons (Fsp3) is 0.357. The Morgan fingerprint density at radius 3 is 3.11 bits per heavy atom. The van der Waals surface area contributed by atoms with Gasteiger partial charge in [0.25, 0.3) is 0 Å². The molecule has 0 unspecified atom stereocenters. The Balaban J connectivity index is 1.70. The van der Waals surface area contributed by atoms with Crippen molar-refractivity contribution in [2.75, 3.05) is 6.54 Å². The van der Waals surface area contributed by atoms with E-state index in [2.05, 4.69) is 36.5 Å². The van der Waals surface area contributed by atoms with Gasteiger partial charge >= 0.3 is 0 Å². The van der Waals surface area contributed by atoms with Crippen LogP contribution in [0.5, 0.6) is 0 Å². The van der Waals surface area contributed by atoms with E-state index in [1.807, 2.05) is 23.1 Å². The van der Waals surface area contributed by atoms with Crippen molar-refractivity contribution in [3.05, 3.63) is 45.4 Å². The van der Waals surface area contributed by atoms with Crippen LogP contribution in [0.15, 0.2) is 29.2 Å². The third-order valence-electron chi connectivity index (χ3n) is 3.09. The molecule has 1 aliphatic heterocycles. The molecule has 1 aromatic carbocycles. The van der Waals surface area contributed by atoms with Crippen LogP contribution in [0.3, 0.4) is 0 Å². The van der Waals surface area contributed by atoms with E-state index in [1.165, 1.54) is 26.0 Å². The highest BCUT2D eigenvalue weighted by molar-refractivity contribution is 7.98. The quantitative estimate of drug-likeness (QED) is 0.870. The van der Waals surface area contributed by atoms with Crippen molar-refractivity contribution in [2.24, 2.45) is 0 Å². The predicted octanol–water partition coefficient (Wildman–Crippen LogP) is 3.39. The summed E-state index contributed by atoms with van der Waals surface area (Å²) in [6.07, 6.45) is 1.08. The minimum Gasteiger partial charge on any atom is -0.311 e. The third kappa shape index (κ3) is 2.60. The molecular weight excluding hydrogens is 260 g/mol. The maximum absolute atomic E-state index is 4.75. The summed E-state index contributed by atoms with van der Waals surface area (Å²) < 4.78 is 0. The van der Waals surface area contributed by atoms with Gasteiger partial charge in [-0.3, -0.25) is 0 Å². The minimum atomic E-state index is 0.989. The van der Waals surface area contributed by atoms with Crippen LogP contribution in [0.25, 0.3) is 0 Å². The topological polar surface area (TPSA) is 24.9 Å². The second-order valence-electron chi connectivity index (χ2n) is 4.46. The van der Waals surface area contributed by atoms with Gasteiger partial charge in [0.1, 0.15) is 5.01 Å². The van der Waals surface area contributed by atoms with Crippen LogP contribution in [-0.4, -0.2) is 11.5 Å². The highest BCUT2D eigenvalue weighted by atomic mass is 32.2. The van der Waals surface area contributed by atoms with E-state index >= 15 is 0 Å². The van der Waals surface area contributed by atoms with Gasteiger partial charge < -0.3 is 5.32 Å². The van der Waals surface area contributed by atoms with E-state index < -0.39 is 0 Å². The molecule has 0 radical (unpaired) electrons. The number of thioether (sulfide) groups is 1. The predicted molar refractivity (Wildman–Crippen MR) is 78.3 cm³/mol. The van der Waals surface area contributed by atoms with Crippen molar-refractivity contribution in [1.82, 2.24) is 10.3 Å². The molecule has 0 spiro atoms. The molecule has 0 atom stereocenters. The van der Waals surface area contributed by atoms with E-state index in [0.29, 0.717) is 0 Å². The molecule has 18 heavy (non-hydrogen) atoms. The maximum Gasteiger partial charge on any atom is 0.103 e. The molecular formula is C14H16N2S2. The Bertz CT molecular complexity index is 525. The van der Waals surface area contributed by atoms with Gasteiger partial charge in [-0.1, -0.05) is 18.2 Å². The smallest absolute Gasteiger partial charge is 0.103 e. The second kappa shape index (κ2) is 5.43. The van der Waals surface area contributed by atoms with Crippen LogP contribution in [0.4, 0.5) is 0 Å². The number of nitrogens with one attached hydrogen (secondary N) is 1. The van der Waals surface area contributed by atoms with Gasteiger partial charge in [-0.15, -0.1) is 23.1 Å². The van der Waals surface area contributed by atoms with Gasteiger partial charge in [-0.2, -0.15) is 0 Å². The van der Waals surface area contributed by atoms with Crippen molar-refractivity contribution in [3.8, 4) is 0 Å². The molecule has 0 aliphatic carbocycles. The molecule has 0 fully saturated rings. The van der Waals surface area contributed by atoms with Crippen LogP contribution in [0, 0.1) is 6.92 Å². The third-order valence-corrected chi connectivity index (χ3v) is 5.56. The zero-order valence-electron chi connectivity index (χ0n) is 10.4. The molecule has 94 valence electrons. The number of nitrogens with zero attached hydrogens (tertiary/aromatic N) is 1. The SMILES string of the molecule is Cc1ccccc1SCc1nc2c(s1)CNCC2. The summed E-state index contributed by atoms with van der Waals surface area (Å²) in [6.45, 7) is 4.24. The van der Waals surface area contributed by atoms with E-state index in [1.54, 1.807) is 0 Å². The van der Waals surface area contributed by atoms with Crippen molar-refractivity contribution < 1.29 is 0 Å². The number of rotatable bonds is 3. The monoisotopic (exact) mass is 276 g/mol. The first-order chi connectivity index (χ1) is 8.83. The Morgan fingerprint density at radius 1 is 1.39 bits per heavy atom. The molecule has 2 aromatic rings. The molecule has 1 aliphatic rings. The highest BCUT2D eigenvalue weighted by Gasteiger charge is 2.14. The molecule has 3 rings (SSSR count). The number of aryl methyl sites for hydroxylation is 1. The first-order valence-corrected chi connectivity index (χ1v) is 8.00. The standard InChI is InChI=1S/C14H16N2S2/c1-10-4-2-3-5-12(10)17-9-14-16-11-6-7-15-8-13(11)18-14/h2-5,15H,6-9H2,1H3. The van der Waals surface area contributed by atoms with E-state index in [-0.39, 0.29) is 0 Å². The van der Waals surface area contributed by atoms with Crippen molar-refractivity contribution in [3.63, 3.8) is 0 Å². The van der Waals surface area contributed by atoms with Gasteiger partial charge in [0.15, 0.2) is 0 Å².